The van der Waals surface area contributed by atoms with Gasteiger partial charge in [-0.15, -0.1) is 11.3 Å². The summed E-state index contributed by atoms with van der Waals surface area (Å²) in [6, 6.07) is 23.2. The van der Waals surface area contributed by atoms with Crippen molar-refractivity contribution < 1.29 is 22.5 Å². The second kappa shape index (κ2) is 10.4. The average Bonchev–Trinajstić information content (AvgIpc) is 3.55. The Kier molecular flexibility index (Phi) is 6.91. The molecule has 0 aliphatic heterocycles. The van der Waals surface area contributed by atoms with Gasteiger partial charge in [0.1, 0.15) is 10.8 Å². The zero-order chi connectivity index (χ0) is 25.8. The lowest BCUT2D eigenvalue weighted by Crippen LogP contribution is -2.15. The summed E-state index contributed by atoms with van der Waals surface area (Å²) < 4.78 is 39.1. The molecule has 0 saturated carbocycles. The maximum Gasteiger partial charge on any atom is 0.357 e. The highest BCUT2D eigenvalue weighted by Crippen LogP contribution is 2.31. The molecule has 1 atom stereocenters. The Morgan fingerprint density at radius 2 is 1.73 bits per heavy atom. The molecule has 5 rings (SSSR count). The van der Waals surface area contributed by atoms with E-state index < -0.39 is 10.3 Å². The van der Waals surface area contributed by atoms with Crippen molar-refractivity contribution in [2.24, 2.45) is 0 Å². The van der Waals surface area contributed by atoms with Crippen molar-refractivity contribution in [1.82, 2.24) is 9.97 Å². The van der Waals surface area contributed by atoms with Crippen molar-refractivity contribution in [3.05, 3.63) is 102 Å². The van der Waals surface area contributed by atoms with E-state index >= 15 is 0 Å². The number of anilines is 2. The number of thiazole rings is 1. The molecule has 0 spiro atoms. The standard InChI is InChI=1S/C26H22N4O5S2/c31-21-8-4-7-19(14-21)24-15-27-26(35-24)29-22(13-17-9-11-20(12-10-17)30-37(32,33)34)23-16-36-25(28-23)18-5-2-1-3-6-18/h1-12,14-16,22,30-31H,13H2,(H,27,29)(H,32,33,34)/t22-/m0/s1. The molecule has 0 radical (unpaired) electrons. The number of nitrogens with one attached hydrogen (secondary N) is 2. The van der Waals surface area contributed by atoms with Crippen LogP contribution in [0.2, 0.25) is 0 Å². The largest absolute Gasteiger partial charge is 0.508 e. The van der Waals surface area contributed by atoms with Crippen LogP contribution in [0.4, 0.5) is 11.7 Å². The van der Waals surface area contributed by atoms with Gasteiger partial charge in [0.2, 0.25) is 0 Å². The maximum atomic E-state index is 11.1. The highest BCUT2D eigenvalue weighted by atomic mass is 32.2. The second-order valence-corrected chi connectivity index (χ2v) is 10.2. The monoisotopic (exact) mass is 534 g/mol. The van der Waals surface area contributed by atoms with E-state index in [1.165, 1.54) is 11.3 Å². The summed E-state index contributed by atoms with van der Waals surface area (Å²) in [6.45, 7) is 0. The fourth-order valence-corrected chi connectivity index (χ4v) is 5.08. The van der Waals surface area contributed by atoms with Crippen LogP contribution in [0, 0.1) is 0 Å². The van der Waals surface area contributed by atoms with Crippen molar-refractivity contribution in [1.29, 1.82) is 0 Å². The Labute approximate surface area is 217 Å². The minimum atomic E-state index is -4.35. The molecule has 2 heterocycles. The Morgan fingerprint density at radius 3 is 2.46 bits per heavy atom. The van der Waals surface area contributed by atoms with E-state index in [9.17, 15) is 13.5 Å². The molecule has 2 aromatic heterocycles. The quantitative estimate of drug-likeness (QED) is 0.175. The van der Waals surface area contributed by atoms with Crippen LogP contribution in [0.5, 0.6) is 5.75 Å². The Bertz CT molecular complexity index is 1600. The van der Waals surface area contributed by atoms with E-state index in [0.717, 1.165) is 21.8 Å². The topological polar surface area (TPSA) is 138 Å². The van der Waals surface area contributed by atoms with Crippen LogP contribution in [0.3, 0.4) is 0 Å². The first-order chi connectivity index (χ1) is 17.8. The summed E-state index contributed by atoms with van der Waals surface area (Å²) in [4.78, 5) is 9.20. The SMILES string of the molecule is O=S(=O)(O)Nc1ccc(C[C@H](Nc2ncc(-c3cccc(O)c3)o2)c2csc(-c3ccccc3)n2)cc1. The maximum absolute atomic E-state index is 11.1. The summed E-state index contributed by atoms with van der Waals surface area (Å²) in [5, 5.41) is 16.0. The number of phenols is 1. The molecule has 5 aromatic rings. The molecule has 3 aromatic carbocycles. The molecule has 0 aliphatic carbocycles. The number of hydrogen-bond acceptors (Lipinski definition) is 8. The second-order valence-electron chi connectivity index (χ2n) is 8.20. The highest BCUT2D eigenvalue weighted by molar-refractivity contribution is 7.87. The third kappa shape index (κ3) is 6.33. The number of aromatic nitrogens is 2. The Morgan fingerprint density at radius 1 is 0.973 bits per heavy atom. The highest BCUT2D eigenvalue weighted by Gasteiger charge is 2.20. The van der Waals surface area contributed by atoms with Gasteiger partial charge in [0.15, 0.2) is 5.76 Å². The van der Waals surface area contributed by atoms with Crippen LogP contribution in [0.25, 0.3) is 21.9 Å². The molecule has 0 fully saturated rings. The van der Waals surface area contributed by atoms with Gasteiger partial charge in [0.25, 0.3) is 6.01 Å². The molecule has 9 nitrogen and oxygen atoms in total. The Hall–Kier alpha value is -4.19. The summed E-state index contributed by atoms with van der Waals surface area (Å²) >= 11 is 1.53. The molecule has 0 bridgehead atoms. The van der Waals surface area contributed by atoms with Gasteiger partial charge in [-0.2, -0.15) is 8.42 Å². The number of nitrogens with zero attached hydrogens (tertiary/aromatic N) is 2. The minimum absolute atomic E-state index is 0.129. The normalized spacial score (nSPS) is 12.2. The predicted octanol–water partition coefficient (Wildman–Crippen LogP) is 5.78. The lowest BCUT2D eigenvalue weighted by molar-refractivity contribution is 0.475. The third-order valence-corrected chi connectivity index (χ3v) is 6.88. The van der Waals surface area contributed by atoms with Gasteiger partial charge in [-0.05, 0) is 36.2 Å². The molecule has 0 saturated heterocycles. The molecule has 37 heavy (non-hydrogen) atoms. The molecule has 11 heteroatoms. The van der Waals surface area contributed by atoms with Gasteiger partial charge < -0.3 is 14.8 Å². The molecule has 188 valence electrons. The van der Waals surface area contributed by atoms with E-state index in [-0.39, 0.29) is 17.5 Å². The molecule has 4 N–H and O–H groups in total. The van der Waals surface area contributed by atoms with E-state index in [4.69, 9.17) is 14.0 Å². The first kappa shape index (κ1) is 24.5. The van der Waals surface area contributed by atoms with E-state index in [1.54, 1.807) is 48.7 Å². The Balaban J connectivity index is 1.41. The number of aromatic hydroxyl groups is 1. The van der Waals surface area contributed by atoms with Crippen molar-refractivity contribution in [3.63, 3.8) is 0 Å². The minimum Gasteiger partial charge on any atom is -0.508 e. The number of rotatable bonds is 9. The van der Waals surface area contributed by atoms with Crippen LogP contribution in [-0.2, 0) is 16.7 Å². The predicted molar refractivity (Wildman–Crippen MR) is 143 cm³/mol. The van der Waals surface area contributed by atoms with Gasteiger partial charge in [-0.3, -0.25) is 9.27 Å². The smallest absolute Gasteiger partial charge is 0.357 e. The zero-order valence-corrected chi connectivity index (χ0v) is 20.9. The van der Waals surface area contributed by atoms with Crippen molar-refractivity contribution in [3.8, 4) is 27.6 Å². The zero-order valence-electron chi connectivity index (χ0n) is 19.3. The van der Waals surface area contributed by atoms with Crippen molar-refractivity contribution in [2.45, 2.75) is 12.5 Å². The van der Waals surface area contributed by atoms with Gasteiger partial charge in [-0.1, -0.05) is 54.6 Å². The summed E-state index contributed by atoms with van der Waals surface area (Å²) in [5.41, 5.74) is 3.65. The van der Waals surface area contributed by atoms with Gasteiger partial charge in [0.05, 0.1) is 23.6 Å². The van der Waals surface area contributed by atoms with Crippen LogP contribution in [0.1, 0.15) is 17.3 Å². The van der Waals surface area contributed by atoms with Crippen LogP contribution in [0.15, 0.2) is 94.9 Å². The molecule has 0 unspecified atom stereocenters. The van der Waals surface area contributed by atoms with Crippen LogP contribution in [-0.4, -0.2) is 28.0 Å². The fourth-order valence-electron chi connectivity index (χ4n) is 3.77. The number of hydrogen-bond donors (Lipinski definition) is 4. The fraction of sp³-hybridized carbons (Fsp3) is 0.0769. The van der Waals surface area contributed by atoms with Crippen molar-refractivity contribution >= 4 is 33.3 Å². The summed E-state index contributed by atoms with van der Waals surface area (Å²) in [5.74, 6) is 0.630. The van der Waals surface area contributed by atoms with Gasteiger partial charge in [-0.25, -0.2) is 9.97 Å². The molecular weight excluding hydrogens is 512 g/mol. The first-order valence-corrected chi connectivity index (χ1v) is 13.5. The van der Waals surface area contributed by atoms with E-state index in [0.29, 0.717) is 23.8 Å². The molecule has 0 aliphatic rings. The van der Waals surface area contributed by atoms with Gasteiger partial charge in [0, 0.05) is 16.5 Å². The van der Waals surface area contributed by atoms with Crippen molar-refractivity contribution in [2.75, 3.05) is 10.0 Å². The third-order valence-electron chi connectivity index (χ3n) is 5.47. The molecule has 0 amide bonds. The average molecular weight is 535 g/mol. The number of phenolic OH excluding ortho intramolecular Hbond substituents is 1. The lowest BCUT2D eigenvalue weighted by atomic mass is 10.0. The van der Waals surface area contributed by atoms with Crippen LogP contribution >= 0.6 is 11.3 Å². The van der Waals surface area contributed by atoms with Gasteiger partial charge >= 0.3 is 10.3 Å². The summed E-state index contributed by atoms with van der Waals surface area (Å²) in [7, 11) is -4.35. The first-order valence-electron chi connectivity index (χ1n) is 11.2. The van der Waals surface area contributed by atoms with E-state index in [2.05, 4.69) is 10.3 Å². The molecular formula is C26H22N4O5S2. The van der Waals surface area contributed by atoms with E-state index in [1.807, 2.05) is 46.5 Å². The number of benzene rings is 3. The number of oxazole rings is 1. The summed E-state index contributed by atoms with van der Waals surface area (Å²) in [6.07, 6.45) is 2.08. The van der Waals surface area contributed by atoms with Crippen LogP contribution < -0.4 is 10.0 Å². The lowest BCUT2D eigenvalue weighted by Gasteiger charge is -2.16.